The Bertz CT molecular complexity index is 1190. The van der Waals surface area contributed by atoms with Crippen molar-refractivity contribution < 1.29 is 24.2 Å². The minimum Gasteiger partial charge on any atom is -0.480 e. The van der Waals surface area contributed by atoms with Crippen LogP contribution >= 0.6 is 0 Å². The minimum atomic E-state index is -1.12. The molecule has 3 N–H and O–H groups in total. The number of carboxylic acid groups (broad SMARTS) is 1. The number of H-pyrrole nitrogens is 1. The number of esters is 1. The number of carboxylic acids is 1. The van der Waals surface area contributed by atoms with Crippen LogP contribution in [0.3, 0.4) is 0 Å². The minimum absolute atomic E-state index is 0.208. The number of nitrogens with zero attached hydrogens (tertiary/aromatic N) is 1. The van der Waals surface area contributed by atoms with Crippen LogP contribution in [-0.4, -0.2) is 53.2 Å². The standard InChI is InChI=1S/C27H33N3O5/c1-5-35-27(34)23(14-19-15-28-22-12-7-6-11-21(19)22)29-25(17(2)3)26(33)30(16-24(31)32)20-10-8-9-18(4)13-20/h6-13,15,17,23,25,28-29H,5,14,16H2,1-4H3,(H,31,32)/t23?,25-/m0/s1. The molecule has 1 aromatic heterocycles. The number of fused-ring (bicyclic) bond motifs is 1. The second-order valence-corrected chi connectivity index (χ2v) is 8.91. The number of ether oxygens (including phenoxy) is 1. The number of hydrogen-bond acceptors (Lipinski definition) is 5. The maximum Gasteiger partial charge on any atom is 0.323 e. The van der Waals surface area contributed by atoms with Crippen LogP contribution in [0.2, 0.25) is 0 Å². The van der Waals surface area contributed by atoms with E-state index in [1.165, 1.54) is 4.90 Å². The van der Waals surface area contributed by atoms with Gasteiger partial charge in [0.05, 0.1) is 12.6 Å². The van der Waals surface area contributed by atoms with Crippen LogP contribution in [0.1, 0.15) is 31.9 Å². The highest BCUT2D eigenvalue weighted by molar-refractivity contribution is 6.01. The van der Waals surface area contributed by atoms with E-state index in [2.05, 4.69) is 10.3 Å². The van der Waals surface area contributed by atoms with Gasteiger partial charge in [0, 0.05) is 29.2 Å². The molecular formula is C27H33N3O5. The number of para-hydroxylation sites is 1. The molecule has 35 heavy (non-hydrogen) atoms. The number of aryl methyl sites for hydroxylation is 1. The van der Waals surface area contributed by atoms with E-state index in [1.807, 2.05) is 57.3 Å². The fourth-order valence-electron chi connectivity index (χ4n) is 4.13. The van der Waals surface area contributed by atoms with Crippen molar-refractivity contribution in [3.05, 3.63) is 65.9 Å². The van der Waals surface area contributed by atoms with E-state index >= 15 is 0 Å². The number of nitrogens with one attached hydrogen (secondary N) is 2. The highest BCUT2D eigenvalue weighted by Gasteiger charge is 2.34. The van der Waals surface area contributed by atoms with Crippen molar-refractivity contribution in [2.45, 2.75) is 46.2 Å². The van der Waals surface area contributed by atoms with Crippen molar-refractivity contribution in [1.82, 2.24) is 10.3 Å². The Morgan fingerprint density at radius 2 is 1.86 bits per heavy atom. The summed E-state index contributed by atoms with van der Waals surface area (Å²) in [6.07, 6.45) is 2.16. The maximum atomic E-state index is 13.7. The van der Waals surface area contributed by atoms with Gasteiger partial charge < -0.3 is 14.8 Å². The zero-order valence-corrected chi connectivity index (χ0v) is 20.6. The van der Waals surface area contributed by atoms with E-state index < -0.39 is 36.5 Å². The Hall–Kier alpha value is -3.65. The van der Waals surface area contributed by atoms with Gasteiger partial charge in [-0.2, -0.15) is 0 Å². The summed E-state index contributed by atoms with van der Waals surface area (Å²) >= 11 is 0. The number of carbonyl (C=O) groups is 3. The summed E-state index contributed by atoms with van der Waals surface area (Å²) in [5.41, 5.74) is 3.27. The molecule has 3 aromatic rings. The molecule has 0 radical (unpaired) electrons. The molecule has 0 bridgehead atoms. The summed E-state index contributed by atoms with van der Waals surface area (Å²) < 4.78 is 5.32. The summed E-state index contributed by atoms with van der Waals surface area (Å²) in [7, 11) is 0. The molecule has 2 atom stereocenters. The first kappa shape index (κ1) is 26.0. The number of aliphatic carboxylic acids is 1. The molecule has 8 heteroatoms. The van der Waals surface area contributed by atoms with Crippen LogP contribution < -0.4 is 10.2 Å². The fraction of sp³-hybridized carbons (Fsp3) is 0.370. The summed E-state index contributed by atoms with van der Waals surface area (Å²) in [6.45, 7) is 7.05. The molecule has 0 aliphatic carbocycles. The molecule has 8 nitrogen and oxygen atoms in total. The van der Waals surface area contributed by atoms with Gasteiger partial charge in [-0.05, 0) is 49.1 Å². The third-order valence-electron chi connectivity index (χ3n) is 5.86. The average Bonchev–Trinajstić information content (AvgIpc) is 3.22. The predicted molar refractivity (Wildman–Crippen MR) is 135 cm³/mol. The molecule has 0 aliphatic heterocycles. The molecule has 0 aliphatic rings. The van der Waals surface area contributed by atoms with E-state index in [-0.39, 0.29) is 12.5 Å². The molecule has 1 amide bonds. The van der Waals surface area contributed by atoms with Gasteiger partial charge in [-0.15, -0.1) is 0 Å². The third kappa shape index (κ3) is 6.48. The lowest BCUT2D eigenvalue weighted by Crippen LogP contribution is -2.56. The van der Waals surface area contributed by atoms with Gasteiger partial charge in [0.1, 0.15) is 12.6 Å². The first-order chi connectivity index (χ1) is 16.7. The molecule has 1 heterocycles. The van der Waals surface area contributed by atoms with Crippen LogP contribution in [-0.2, 0) is 25.5 Å². The van der Waals surface area contributed by atoms with E-state index in [0.29, 0.717) is 12.1 Å². The van der Waals surface area contributed by atoms with Crippen molar-refractivity contribution in [1.29, 1.82) is 0 Å². The van der Waals surface area contributed by atoms with Crippen LogP contribution in [0, 0.1) is 12.8 Å². The lowest BCUT2D eigenvalue weighted by Gasteiger charge is -2.31. The second-order valence-electron chi connectivity index (χ2n) is 8.91. The molecule has 2 aromatic carbocycles. The SMILES string of the molecule is CCOC(=O)C(Cc1c[nH]c2ccccc12)N[C@H](C(=O)N(CC(=O)O)c1cccc(C)c1)C(C)C. The van der Waals surface area contributed by atoms with E-state index in [1.54, 1.807) is 25.1 Å². The molecule has 0 spiro atoms. The Labute approximate surface area is 205 Å². The third-order valence-corrected chi connectivity index (χ3v) is 5.86. The van der Waals surface area contributed by atoms with Gasteiger partial charge >= 0.3 is 11.9 Å². The number of aromatic amines is 1. The normalized spacial score (nSPS) is 12.9. The Balaban J connectivity index is 1.93. The number of anilines is 1. The maximum absolute atomic E-state index is 13.7. The molecule has 0 fully saturated rings. The number of benzene rings is 2. The zero-order valence-electron chi connectivity index (χ0n) is 20.6. The Morgan fingerprint density at radius 3 is 2.51 bits per heavy atom. The summed E-state index contributed by atoms with van der Waals surface area (Å²) in [5, 5.41) is 13.7. The molecule has 0 saturated carbocycles. The van der Waals surface area contributed by atoms with E-state index in [9.17, 15) is 19.5 Å². The van der Waals surface area contributed by atoms with E-state index in [0.717, 1.165) is 22.0 Å². The summed E-state index contributed by atoms with van der Waals surface area (Å²) in [5.74, 6) is -2.22. The first-order valence-corrected chi connectivity index (χ1v) is 11.8. The first-order valence-electron chi connectivity index (χ1n) is 11.8. The molecule has 0 saturated heterocycles. The topological polar surface area (TPSA) is 112 Å². The van der Waals surface area contributed by atoms with Crippen molar-refractivity contribution >= 4 is 34.4 Å². The molecule has 3 rings (SSSR count). The predicted octanol–water partition coefficient (Wildman–Crippen LogP) is 3.68. The van der Waals surface area contributed by atoms with Crippen LogP contribution in [0.25, 0.3) is 10.9 Å². The highest BCUT2D eigenvalue weighted by atomic mass is 16.5. The number of amides is 1. The molecular weight excluding hydrogens is 446 g/mol. The van der Waals surface area contributed by atoms with Gasteiger partial charge in [-0.25, -0.2) is 0 Å². The second kappa shape index (κ2) is 11.7. The van der Waals surface area contributed by atoms with Crippen molar-refractivity contribution in [2.24, 2.45) is 5.92 Å². The van der Waals surface area contributed by atoms with E-state index in [4.69, 9.17) is 4.74 Å². The summed E-state index contributed by atoms with van der Waals surface area (Å²) in [4.78, 5) is 42.7. The van der Waals surface area contributed by atoms with Gasteiger partial charge in [0.15, 0.2) is 0 Å². The number of rotatable bonds is 11. The number of aromatic nitrogens is 1. The molecule has 186 valence electrons. The monoisotopic (exact) mass is 479 g/mol. The highest BCUT2D eigenvalue weighted by Crippen LogP contribution is 2.22. The summed E-state index contributed by atoms with van der Waals surface area (Å²) in [6, 6.07) is 13.3. The van der Waals surface area contributed by atoms with Crippen LogP contribution in [0.15, 0.2) is 54.7 Å². The molecule has 1 unspecified atom stereocenters. The van der Waals surface area contributed by atoms with Crippen molar-refractivity contribution in [3.8, 4) is 0 Å². The van der Waals surface area contributed by atoms with Crippen molar-refractivity contribution in [2.75, 3.05) is 18.1 Å². The zero-order chi connectivity index (χ0) is 25.5. The number of carbonyl (C=O) groups excluding carboxylic acids is 2. The average molecular weight is 480 g/mol. The lowest BCUT2D eigenvalue weighted by atomic mass is 9.98. The van der Waals surface area contributed by atoms with Gasteiger partial charge in [0.2, 0.25) is 5.91 Å². The lowest BCUT2D eigenvalue weighted by molar-refractivity contribution is -0.146. The van der Waals surface area contributed by atoms with Gasteiger partial charge in [0.25, 0.3) is 0 Å². The van der Waals surface area contributed by atoms with Crippen LogP contribution in [0.4, 0.5) is 5.69 Å². The van der Waals surface area contributed by atoms with Crippen molar-refractivity contribution in [3.63, 3.8) is 0 Å². The largest absolute Gasteiger partial charge is 0.480 e. The Kier molecular flexibility index (Phi) is 8.65. The van der Waals surface area contributed by atoms with Crippen LogP contribution in [0.5, 0.6) is 0 Å². The van der Waals surface area contributed by atoms with Gasteiger partial charge in [-0.1, -0.05) is 44.2 Å². The quantitative estimate of drug-likeness (QED) is 0.362. The van der Waals surface area contributed by atoms with Gasteiger partial charge in [-0.3, -0.25) is 24.6 Å². The fourth-order valence-corrected chi connectivity index (χ4v) is 4.13. The smallest absolute Gasteiger partial charge is 0.323 e. The number of hydrogen-bond donors (Lipinski definition) is 3. The Morgan fingerprint density at radius 1 is 1.11 bits per heavy atom.